The Bertz CT molecular complexity index is 696. The minimum absolute atomic E-state index is 0.574. The third kappa shape index (κ3) is 1.83. The maximum Gasteiger partial charge on any atom is 0.0592 e. The second-order valence-electron chi connectivity index (χ2n) is 5.10. The first-order valence-electron chi connectivity index (χ1n) is 6.19. The maximum atomic E-state index is 3.72. The number of hydrogen-bond acceptors (Lipinski definition) is 1. The van der Waals surface area contributed by atoms with Crippen molar-refractivity contribution in [1.29, 1.82) is 0 Å². The van der Waals surface area contributed by atoms with Crippen LogP contribution >= 0.6 is 47.8 Å². The van der Waals surface area contributed by atoms with E-state index in [-0.39, 0.29) is 0 Å². The van der Waals surface area contributed by atoms with E-state index in [9.17, 15) is 0 Å². The van der Waals surface area contributed by atoms with Gasteiger partial charge in [-0.1, -0.05) is 31.9 Å². The normalized spacial score (nSPS) is 19.3. The molecule has 0 saturated carbocycles. The molecule has 4 heteroatoms. The summed E-state index contributed by atoms with van der Waals surface area (Å²) in [5.74, 6) is 0. The molecule has 1 atom stereocenters. The zero-order chi connectivity index (χ0) is 13.1. The lowest BCUT2D eigenvalue weighted by Gasteiger charge is -2.21. The van der Waals surface area contributed by atoms with E-state index in [2.05, 4.69) is 83.0 Å². The highest BCUT2D eigenvalue weighted by Gasteiger charge is 2.38. The van der Waals surface area contributed by atoms with Crippen molar-refractivity contribution in [3.63, 3.8) is 0 Å². The number of halogens is 3. The van der Waals surface area contributed by atoms with E-state index >= 15 is 0 Å². The van der Waals surface area contributed by atoms with E-state index in [0.717, 1.165) is 17.3 Å². The van der Waals surface area contributed by atoms with Crippen molar-refractivity contribution in [1.82, 2.24) is 0 Å². The second-order valence-corrected chi connectivity index (χ2v) is 7.79. The van der Waals surface area contributed by atoms with Crippen LogP contribution in [0.15, 0.2) is 43.7 Å². The molecule has 2 aromatic carbocycles. The minimum atomic E-state index is 0.574. The van der Waals surface area contributed by atoms with Gasteiger partial charge in [-0.05, 0) is 70.2 Å². The molecule has 0 saturated heterocycles. The Morgan fingerprint density at radius 1 is 0.895 bits per heavy atom. The Morgan fingerprint density at radius 2 is 1.63 bits per heavy atom. The number of rotatable bonds is 0. The molecular formula is C15H10Br3N. The molecule has 2 aromatic rings. The molecule has 0 aromatic heterocycles. The Kier molecular flexibility index (Phi) is 2.84. The summed E-state index contributed by atoms with van der Waals surface area (Å²) < 4.78 is 3.49. The molecule has 4 rings (SSSR count). The fourth-order valence-electron chi connectivity index (χ4n) is 3.26. The maximum absolute atomic E-state index is 3.72. The summed E-state index contributed by atoms with van der Waals surface area (Å²) in [6.45, 7) is 0. The molecule has 0 spiro atoms. The number of anilines is 2. The smallest absolute Gasteiger partial charge is 0.0592 e. The monoisotopic (exact) mass is 441 g/mol. The van der Waals surface area contributed by atoms with Crippen LogP contribution in [0.3, 0.4) is 0 Å². The van der Waals surface area contributed by atoms with Crippen molar-refractivity contribution in [2.45, 2.75) is 18.9 Å². The summed E-state index contributed by atoms with van der Waals surface area (Å²) in [7, 11) is 0. The van der Waals surface area contributed by atoms with E-state index in [4.69, 9.17) is 0 Å². The van der Waals surface area contributed by atoms with Crippen molar-refractivity contribution in [3.8, 4) is 0 Å². The van der Waals surface area contributed by atoms with Crippen LogP contribution in [0.4, 0.5) is 11.4 Å². The highest BCUT2D eigenvalue weighted by atomic mass is 79.9. The Labute approximate surface area is 137 Å². The van der Waals surface area contributed by atoms with Crippen LogP contribution in [0, 0.1) is 0 Å². The summed E-state index contributed by atoms with van der Waals surface area (Å²) in [6, 6.07) is 11.6. The van der Waals surface area contributed by atoms with Crippen LogP contribution in [-0.4, -0.2) is 6.04 Å². The fourth-order valence-corrected chi connectivity index (χ4v) is 5.17. The van der Waals surface area contributed by atoms with Crippen LogP contribution in [0.25, 0.3) is 0 Å². The van der Waals surface area contributed by atoms with Gasteiger partial charge in [-0.15, -0.1) is 0 Å². The van der Waals surface area contributed by atoms with Crippen LogP contribution < -0.4 is 4.90 Å². The molecule has 0 bridgehead atoms. The summed E-state index contributed by atoms with van der Waals surface area (Å²) in [5.41, 5.74) is 5.57. The molecule has 2 aliphatic heterocycles. The summed E-state index contributed by atoms with van der Waals surface area (Å²) in [6.07, 6.45) is 2.26. The van der Waals surface area contributed by atoms with Gasteiger partial charge >= 0.3 is 0 Å². The van der Waals surface area contributed by atoms with Crippen molar-refractivity contribution in [2.24, 2.45) is 0 Å². The molecule has 0 aliphatic carbocycles. The zero-order valence-electron chi connectivity index (χ0n) is 9.96. The highest BCUT2D eigenvalue weighted by Crippen LogP contribution is 2.50. The molecule has 0 N–H and O–H groups in total. The van der Waals surface area contributed by atoms with Gasteiger partial charge in [-0.2, -0.15) is 0 Å². The van der Waals surface area contributed by atoms with E-state index in [0.29, 0.717) is 6.04 Å². The van der Waals surface area contributed by atoms with Crippen molar-refractivity contribution in [2.75, 3.05) is 4.90 Å². The fraction of sp³-hybridized carbons (Fsp3) is 0.200. The highest BCUT2D eigenvalue weighted by molar-refractivity contribution is 9.11. The number of fused-ring (bicyclic) bond motifs is 5. The molecule has 1 unspecified atom stereocenters. The SMILES string of the molecule is Brc1ccc2c(c1)CC1Cc3cc(Br)cc(Br)c3N21. The van der Waals surface area contributed by atoms with Crippen molar-refractivity contribution < 1.29 is 0 Å². The molecule has 1 nitrogen and oxygen atoms in total. The minimum Gasteiger partial charge on any atom is -0.336 e. The molecule has 0 fully saturated rings. The lowest BCUT2D eigenvalue weighted by molar-refractivity contribution is 0.725. The average molecular weight is 444 g/mol. The zero-order valence-corrected chi connectivity index (χ0v) is 14.7. The van der Waals surface area contributed by atoms with Crippen LogP contribution in [-0.2, 0) is 12.8 Å². The second kappa shape index (κ2) is 4.34. The lowest BCUT2D eigenvalue weighted by atomic mass is 10.0. The molecule has 0 radical (unpaired) electrons. The van der Waals surface area contributed by atoms with E-state index < -0.39 is 0 Å². The van der Waals surface area contributed by atoms with Gasteiger partial charge in [0.15, 0.2) is 0 Å². The van der Waals surface area contributed by atoms with E-state index in [1.54, 1.807) is 0 Å². The first-order valence-corrected chi connectivity index (χ1v) is 8.57. The van der Waals surface area contributed by atoms with Gasteiger partial charge in [0.05, 0.1) is 5.69 Å². The predicted molar refractivity (Wildman–Crippen MR) is 89.3 cm³/mol. The van der Waals surface area contributed by atoms with Crippen LogP contribution in [0.5, 0.6) is 0 Å². The van der Waals surface area contributed by atoms with Gasteiger partial charge in [0.2, 0.25) is 0 Å². The predicted octanol–water partition coefficient (Wildman–Crippen LogP) is 5.59. The number of benzene rings is 2. The van der Waals surface area contributed by atoms with Gasteiger partial charge in [-0.25, -0.2) is 0 Å². The third-order valence-corrected chi connectivity index (χ3v) is 5.48. The Morgan fingerprint density at radius 3 is 2.47 bits per heavy atom. The quantitative estimate of drug-likeness (QED) is 0.512. The van der Waals surface area contributed by atoms with Crippen LogP contribution in [0.1, 0.15) is 11.1 Å². The van der Waals surface area contributed by atoms with Gasteiger partial charge in [0, 0.05) is 25.1 Å². The van der Waals surface area contributed by atoms with Crippen molar-refractivity contribution >= 4 is 59.2 Å². The van der Waals surface area contributed by atoms with Gasteiger partial charge in [0.1, 0.15) is 0 Å². The first kappa shape index (κ1) is 12.4. The van der Waals surface area contributed by atoms with Gasteiger partial charge in [-0.3, -0.25) is 0 Å². The third-order valence-electron chi connectivity index (χ3n) is 3.93. The summed E-state index contributed by atoms with van der Waals surface area (Å²) >= 11 is 10.9. The topological polar surface area (TPSA) is 3.24 Å². The van der Waals surface area contributed by atoms with Crippen molar-refractivity contribution in [3.05, 3.63) is 54.9 Å². The van der Waals surface area contributed by atoms with Crippen LogP contribution in [0.2, 0.25) is 0 Å². The molecular weight excluding hydrogens is 434 g/mol. The van der Waals surface area contributed by atoms with E-state index in [1.807, 2.05) is 0 Å². The Balaban J connectivity index is 1.92. The summed E-state index contributed by atoms with van der Waals surface area (Å²) in [4.78, 5) is 2.49. The first-order chi connectivity index (χ1) is 9.13. The lowest BCUT2D eigenvalue weighted by Crippen LogP contribution is -2.22. The average Bonchev–Trinajstić information content (AvgIpc) is 2.82. The van der Waals surface area contributed by atoms with E-state index in [1.165, 1.54) is 31.4 Å². The van der Waals surface area contributed by atoms with Gasteiger partial charge < -0.3 is 4.90 Å². The number of nitrogens with zero attached hydrogens (tertiary/aromatic N) is 1. The van der Waals surface area contributed by atoms with Gasteiger partial charge in [0.25, 0.3) is 0 Å². The number of hydrogen-bond donors (Lipinski definition) is 0. The largest absolute Gasteiger partial charge is 0.336 e. The molecule has 2 aliphatic rings. The Hall–Kier alpha value is -0.320. The summed E-state index contributed by atoms with van der Waals surface area (Å²) in [5, 5.41) is 0. The molecule has 96 valence electrons. The standard InChI is InChI=1S/C15H10Br3N/c16-10-1-2-14-8(3-10)5-12-6-9-4-11(17)7-13(18)15(9)19(12)14/h1-4,7,12H,5-6H2. The molecule has 19 heavy (non-hydrogen) atoms. The molecule has 0 amide bonds. The molecule has 2 heterocycles.